The number of hydrogen-bond donors (Lipinski definition) is 4. The van der Waals surface area contributed by atoms with E-state index in [1.165, 1.54) is 22.9 Å². The number of nitrogens with zero attached hydrogens (tertiary/aromatic N) is 1. The second kappa shape index (κ2) is 9.68. The van der Waals surface area contributed by atoms with Crippen LogP contribution in [0.15, 0.2) is 76.6 Å². The molecular formula is C24H29N5O2S. The van der Waals surface area contributed by atoms with Crippen LogP contribution in [0.1, 0.15) is 31.2 Å². The SMILES string of the molecule is N[C@H]1CCCC[C@@H]1NC(=NCc1cccc2ccccc12)Nc1ccc(S(N)(=O)=O)cc1. The molecule has 8 heteroatoms. The second-order valence-corrected chi connectivity index (χ2v) is 9.76. The molecule has 0 aliphatic heterocycles. The minimum Gasteiger partial charge on any atom is -0.352 e. The van der Waals surface area contributed by atoms with E-state index in [2.05, 4.69) is 34.9 Å². The molecule has 7 nitrogen and oxygen atoms in total. The molecule has 0 amide bonds. The Bertz CT molecular complexity index is 1200. The molecule has 168 valence electrons. The van der Waals surface area contributed by atoms with E-state index in [1.807, 2.05) is 18.2 Å². The largest absolute Gasteiger partial charge is 0.352 e. The third kappa shape index (κ3) is 5.45. The van der Waals surface area contributed by atoms with Gasteiger partial charge in [-0.3, -0.25) is 0 Å². The highest BCUT2D eigenvalue weighted by molar-refractivity contribution is 7.89. The number of primary sulfonamides is 1. The zero-order valence-corrected chi connectivity index (χ0v) is 18.7. The first-order valence-electron chi connectivity index (χ1n) is 10.8. The summed E-state index contributed by atoms with van der Waals surface area (Å²) < 4.78 is 23.1. The molecule has 3 aromatic carbocycles. The van der Waals surface area contributed by atoms with Crippen molar-refractivity contribution in [3.05, 3.63) is 72.3 Å². The fraction of sp³-hybridized carbons (Fsp3) is 0.292. The summed E-state index contributed by atoms with van der Waals surface area (Å²) in [4.78, 5) is 4.90. The molecule has 0 radical (unpaired) electrons. The Morgan fingerprint density at radius 3 is 2.44 bits per heavy atom. The van der Waals surface area contributed by atoms with Crippen molar-refractivity contribution in [2.45, 2.75) is 49.2 Å². The fourth-order valence-corrected chi connectivity index (χ4v) is 4.61. The van der Waals surface area contributed by atoms with E-state index in [1.54, 1.807) is 12.1 Å². The van der Waals surface area contributed by atoms with Gasteiger partial charge in [0, 0.05) is 17.8 Å². The van der Waals surface area contributed by atoms with E-state index in [4.69, 9.17) is 15.9 Å². The fourth-order valence-electron chi connectivity index (χ4n) is 4.09. The van der Waals surface area contributed by atoms with Crippen molar-refractivity contribution < 1.29 is 8.42 Å². The summed E-state index contributed by atoms with van der Waals surface area (Å²) in [6.07, 6.45) is 4.24. The summed E-state index contributed by atoms with van der Waals surface area (Å²) in [5, 5.41) is 14.3. The van der Waals surface area contributed by atoms with Crippen LogP contribution >= 0.6 is 0 Å². The molecular weight excluding hydrogens is 422 g/mol. The van der Waals surface area contributed by atoms with Gasteiger partial charge in [0.05, 0.1) is 11.4 Å². The van der Waals surface area contributed by atoms with Crippen LogP contribution in [0, 0.1) is 0 Å². The summed E-state index contributed by atoms with van der Waals surface area (Å²) in [5.41, 5.74) is 8.18. The molecule has 1 aliphatic carbocycles. The van der Waals surface area contributed by atoms with Crippen molar-refractivity contribution in [1.29, 1.82) is 0 Å². The zero-order chi connectivity index (χ0) is 22.6. The lowest BCUT2D eigenvalue weighted by atomic mass is 9.91. The number of anilines is 1. The molecule has 2 atom stereocenters. The molecule has 1 aliphatic rings. The molecule has 6 N–H and O–H groups in total. The number of benzene rings is 3. The average Bonchev–Trinajstić information content (AvgIpc) is 2.78. The lowest BCUT2D eigenvalue weighted by Crippen LogP contribution is -2.51. The Balaban J connectivity index is 1.59. The van der Waals surface area contributed by atoms with Crippen LogP contribution < -0.4 is 21.5 Å². The number of aliphatic imine (C=N–C) groups is 1. The summed E-state index contributed by atoms with van der Waals surface area (Å²) in [6, 6.07) is 21.0. The van der Waals surface area contributed by atoms with Crippen molar-refractivity contribution in [2.24, 2.45) is 15.9 Å². The van der Waals surface area contributed by atoms with Gasteiger partial charge in [0.2, 0.25) is 10.0 Å². The maximum absolute atomic E-state index is 11.5. The van der Waals surface area contributed by atoms with Gasteiger partial charge in [0.15, 0.2) is 5.96 Å². The first kappa shape index (κ1) is 22.3. The van der Waals surface area contributed by atoms with Gasteiger partial charge in [-0.2, -0.15) is 0 Å². The Labute approximate surface area is 189 Å². The van der Waals surface area contributed by atoms with Crippen molar-refractivity contribution in [3.63, 3.8) is 0 Å². The van der Waals surface area contributed by atoms with Gasteiger partial charge in [-0.1, -0.05) is 55.3 Å². The minimum absolute atomic E-state index is 0.0677. The van der Waals surface area contributed by atoms with Gasteiger partial charge < -0.3 is 16.4 Å². The standard InChI is InChI=1S/C24H29N5O2S/c25-22-10-3-4-11-23(22)29-24(28-19-12-14-20(15-13-19)32(26,30)31)27-16-18-8-5-7-17-6-1-2-9-21(17)18/h1-2,5-9,12-15,22-23H,3-4,10-11,16,25H2,(H2,26,30,31)(H2,27,28,29)/t22-,23-/m0/s1. The van der Waals surface area contributed by atoms with Crippen molar-refractivity contribution in [2.75, 3.05) is 5.32 Å². The second-order valence-electron chi connectivity index (χ2n) is 8.20. The zero-order valence-electron chi connectivity index (χ0n) is 17.9. The predicted molar refractivity (Wildman–Crippen MR) is 130 cm³/mol. The van der Waals surface area contributed by atoms with Crippen molar-refractivity contribution >= 4 is 32.4 Å². The Morgan fingerprint density at radius 1 is 0.969 bits per heavy atom. The van der Waals surface area contributed by atoms with Crippen LogP contribution in [-0.4, -0.2) is 26.5 Å². The first-order chi connectivity index (χ1) is 15.4. The normalized spacial score (nSPS) is 19.6. The maximum atomic E-state index is 11.5. The number of guanidine groups is 1. The topological polar surface area (TPSA) is 123 Å². The Morgan fingerprint density at radius 2 is 1.69 bits per heavy atom. The minimum atomic E-state index is -3.74. The molecule has 0 spiro atoms. The van der Waals surface area contributed by atoms with Gasteiger partial charge in [-0.05, 0) is 53.4 Å². The van der Waals surface area contributed by atoms with Gasteiger partial charge in [-0.15, -0.1) is 0 Å². The molecule has 0 saturated heterocycles. The number of nitrogens with two attached hydrogens (primary N) is 2. The van der Waals surface area contributed by atoms with E-state index >= 15 is 0 Å². The molecule has 32 heavy (non-hydrogen) atoms. The molecule has 0 heterocycles. The van der Waals surface area contributed by atoms with Crippen LogP contribution in [0.3, 0.4) is 0 Å². The first-order valence-corrected chi connectivity index (χ1v) is 12.4. The quantitative estimate of drug-likeness (QED) is 0.350. The summed E-state index contributed by atoms with van der Waals surface area (Å²) in [7, 11) is -3.74. The van der Waals surface area contributed by atoms with E-state index in [9.17, 15) is 8.42 Å². The highest BCUT2D eigenvalue weighted by Gasteiger charge is 2.22. The van der Waals surface area contributed by atoms with Crippen LogP contribution in [0.4, 0.5) is 5.69 Å². The van der Waals surface area contributed by atoms with Crippen LogP contribution in [0.25, 0.3) is 10.8 Å². The van der Waals surface area contributed by atoms with E-state index in [-0.39, 0.29) is 17.0 Å². The lowest BCUT2D eigenvalue weighted by Gasteiger charge is -2.30. The molecule has 0 aromatic heterocycles. The summed E-state index contributed by atoms with van der Waals surface area (Å²) in [5.74, 6) is 0.614. The van der Waals surface area contributed by atoms with Crippen molar-refractivity contribution in [3.8, 4) is 0 Å². The third-order valence-corrected chi connectivity index (χ3v) is 6.80. The Hall–Kier alpha value is -2.94. The average molecular weight is 452 g/mol. The summed E-state index contributed by atoms with van der Waals surface area (Å²) in [6.45, 7) is 0.494. The van der Waals surface area contributed by atoms with Gasteiger partial charge in [0.25, 0.3) is 0 Å². The number of rotatable bonds is 5. The number of nitrogens with one attached hydrogen (secondary N) is 2. The van der Waals surface area contributed by atoms with Crippen molar-refractivity contribution in [1.82, 2.24) is 5.32 Å². The van der Waals surface area contributed by atoms with E-state index in [0.717, 1.165) is 31.2 Å². The molecule has 1 saturated carbocycles. The predicted octanol–water partition coefficient (Wildman–Crippen LogP) is 3.31. The number of fused-ring (bicyclic) bond motifs is 1. The third-order valence-electron chi connectivity index (χ3n) is 5.87. The molecule has 4 rings (SSSR count). The molecule has 0 bridgehead atoms. The summed E-state index contributed by atoms with van der Waals surface area (Å²) >= 11 is 0. The van der Waals surface area contributed by atoms with Crippen LogP contribution in [0.2, 0.25) is 0 Å². The highest BCUT2D eigenvalue weighted by Crippen LogP contribution is 2.20. The molecule has 1 fully saturated rings. The maximum Gasteiger partial charge on any atom is 0.238 e. The van der Waals surface area contributed by atoms with Gasteiger partial charge >= 0.3 is 0 Å². The van der Waals surface area contributed by atoms with Crippen LogP contribution in [-0.2, 0) is 16.6 Å². The lowest BCUT2D eigenvalue weighted by molar-refractivity contribution is 0.360. The smallest absolute Gasteiger partial charge is 0.238 e. The number of sulfonamides is 1. The monoisotopic (exact) mass is 451 g/mol. The number of hydrogen-bond acceptors (Lipinski definition) is 4. The van der Waals surface area contributed by atoms with Gasteiger partial charge in [-0.25, -0.2) is 18.5 Å². The Kier molecular flexibility index (Phi) is 6.74. The van der Waals surface area contributed by atoms with Crippen LogP contribution in [0.5, 0.6) is 0 Å². The van der Waals surface area contributed by atoms with E-state index < -0.39 is 10.0 Å². The highest BCUT2D eigenvalue weighted by atomic mass is 32.2. The molecule has 0 unspecified atom stereocenters. The van der Waals surface area contributed by atoms with E-state index in [0.29, 0.717) is 18.2 Å². The van der Waals surface area contributed by atoms with Gasteiger partial charge in [0.1, 0.15) is 0 Å². The molecule has 3 aromatic rings.